The monoisotopic (exact) mass is 387 g/mol. The normalized spacial score (nSPS) is 12.4. The molecule has 1 N–H and O–H groups in total. The van der Waals surface area contributed by atoms with Crippen molar-refractivity contribution in [2.75, 3.05) is 0 Å². The van der Waals surface area contributed by atoms with E-state index in [1.165, 1.54) is 13.8 Å². The highest BCUT2D eigenvalue weighted by Gasteiger charge is 2.24. The van der Waals surface area contributed by atoms with E-state index in [2.05, 4.69) is 6.58 Å². The van der Waals surface area contributed by atoms with Gasteiger partial charge in [0.2, 0.25) is 10.0 Å². The summed E-state index contributed by atoms with van der Waals surface area (Å²) in [6.45, 7) is 8.73. The van der Waals surface area contributed by atoms with Crippen molar-refractivity contribution in [1.29, 1.82) is 0 Å². The number of rotatable bonds is 7. The molecule has 0 saturated heterocycles. The first-order valence-corrected chi connectivity index (χ1v) is 10.3. The topological polar surface area (TPSA) is 72.5 Å². The number of benzene rings is 2. The summed E-state index contributed by atoms with van der Waals surface area (Å²) in [4.78, 5) is 12.3. The summed E-state index contributed by atoms with van der Waals surface area (Å²) in [5.41, 5.74) is 3.68. The maximum Gasteiger partial charge on any atom is 0.421 e. The SMILES string of the molecule is C=Cc1ccccc1CC(OC(=O)NS(=O)(=O)C(C)C)c1ccccc1C. The largest absolute Gasteiger partial charge is 0.440 e. The molecule has 0 heterocycles. The van der Waals surface area contributed by atoms with E-state index >= 15 is 0 Å². The van der Waals surface area contributed by atoms with Crippen molar-refractivity contribution >= 4 is 22.2 Å². The standard InChI is InChI=1S/C21H25NO4S/c1-5-17-11-7-8-12-18(17)14-20(19-13-9-6-10-16(19)4)26-21(23)22-27(24,25)15(2)3/h5-13,15,20H,1,14H2,2-4H3,(H,22,23). The summed E-state index contributed by atoms with van der Waals surface area (Å²) in [6.07, 6.45) is 0.540. The van der Waals surface area contributed by atoms with Gasteiger partial charge in [0.15, 0.2) is 0 Å². The fraction of sp³-hybridized carbons (Fsp3) is 0.286. The maximum atomic E-state index is 12.3. The molecule has 27 heavy (non-hydrogen) atoms. The van der Waals surface area contributed by atoms with Gasteiger partial charge in [0.1, 0.15) is 6.10 Å². The highest BCUT2D eigenvalue weighted by atomic mass is 32.2. The van der Waals surface area contributed by atoms with Crippen LogP contribution in [0.25, 0.3) is 6.08 Å². The number of sulfonamides is 1. The first-order valence-electron chi connectivity index (χ1n) is 8.72. The molecule has 2 rings (SSSR count). The smallest absolute Gasteiger partial charge is 0.421 e. The van der Waals surface area contributed by atoms with E-state index in [1.807, 2.05) is 60.2 Å². The van der Waals surface area contributed by atoms with Crippen LogP contribution in [0.5, 0.6) is 0 Å². The molecule has 6 heteroatoms. The van der Waals surface area contributed by atoms with Crippen LogP contribution in [0, 0.1) is 6.92 Å². The van der Waals surface area contributed by atoms with E-state index in [-0.39, 0.29) is 0 Å². The molecule has 144 valence electrons. The lowest BCUT2D eigenvalue weighted by atomic mass is 9.95. The van der Waals surface area contributed by atoms with Gasteiger partial charge in [-0.25, -0.2) is 17.9 Å². The molecule has 0 bridgehead atoms. The van der Waals surface area contributed by atoms with Gasteiger partial charge in [0, 0.05) is 6.42 Å². The predicted molar refractivity (Wildman–Crippen MR) is 108 cm³/mol. The zero-order valence-corrected chi connectivity index (χ0v) is 16.6. The first kappa shape index (κ1) is 20.7. The second-order valence-electron chi connectivity index (χ2n) is 6.55. The van der Waals surface area contributed by atoms with E-state index in [0.29, 0.717) is 6.42 Å². The van der Waals surface area contributed by atoms with Gasteiger partial charge in [-0.05, 0) is 43.0 Å². The summed E-state index contributed by atoms with van der Waals surface area (Å²) in [5, 5.41) is -0.733. The Morgan fingerprint density at radius 1 is 1.15 bits per heavy atom. The predicted octanol–water partition coefficient (Wildman–Crippen LogP) is 4.39. The van der Waals surface area contributed by atoms with Crippen LogP contribution in [-0.4, -0.2) is 19.8 Å². The highest BCUT2D eigenvalue weighted by molar-refractivity contribution is 7.90. The number of carbonyl (C=O) groups excluding carboxylic acids is 1. The van der Waals surface area contributed by atoms with Gasteiger partial charge in [0.05, 0.1) is 5.25 Å². The summed E-state index contributed by atoms with van der Waals surface area (Å²) >= 11 is 0. The molecule has 0 spiro atoms. The molecule has 0 aliphatic rings. The van der Waals surface area contributed by atoms with E-state index in [9.17, 15) is 13.2 Å². The molecule has 1 amide bonds. The molecule has 0 aliphatic heterocycles. The third-order valence-corrected chi connectivity index (χ3v) is 6.00. The lowest BCUT2D eigenvalue weighted by Gasteiger charge is -2.21. The Hall–Kier alpha value is -2.60. The second kappa shape index (κ2) is 8.86. The molecule has 2 aromatic rings. The molecule has 0 aliphatic carbocycles. The maximum absolute atomic E-state index is 12.3. The molecule has 0 fully saturated rings. The fourth-order valence-corrected chi connectivity index (χ4v) is 3.19. The van der Waals surface area contributed by atoms with Crippen LogP contribution in [0.4, 0.5) is 4.79 Å². The van der Waals surface area contributed by atoms with Crippen molar-refractivity contribution in [3.8, 4) is 0 Å². The van der Waals surface area contributed by atoms with Crippen LogP contribution < -0.4 is 4.72 Å². The van der Waals surface area contributed by atoms with Crippen molar-refractivity contribution in [3.63, 3.8) is 0 Å². The Morgan fingerprint density at radius 3 is 2.41 bits per heavy atom. The van der Waals surface area contributed by atoms with Gasteiger partial charge in [-0.15, -0.1) is 0 Å². The van der Waals surface area contributed by atoms with Gasteiger partial charge in [-0.2, -0.15) is 0 Å². The van der Waals surface area contributed by atoms with Crippen LogP contribution in [-0.2, 0) is 21.2 Å². The molecule has 5 nitrogen and oxygen atoms in total. The summed E-state index contributed by atoms with van der Waals surface area (Å²) < 4.78 is 31.4. The third kappa shape index (κ3) is 5.44. The number of hydrogen-bond donors (Lipinski definition) is 1. The minimum Gasteiger partial charge on any atom is -0.440 e. The van der Waals surface area contributed by atoms with E-state index in [4.69, 9.17) is 4.74 Å². The van der Waals surface area contributed by atoms with Crippen LogP contribution in [0.3, 0.4) is 0 Å². The lowest BCUT2D eigenvalue weighted by molar-refractivity contribution is 0.102. The van der Waals surface area contributed by atoms with Crippen molar-refractivity contribution in [2.45, 2.75) is 38.5 Å². The lowest BCUT2D eigenvalue weighted by Crippen LogP contribution is -2.37. The van der Waals surface area contributed by atoms with E-state index in [1.54, 1.807) is 6.08 Å². The van der Waals surface area contributed by atoms with Crippen molar-refractivity contribution in [3.05, 3.63) is 77.4 Å². The summed E-state index contributed by atoms with van der Waals surface area (Å²) in [5.74, 6) is 0. The highest BCUT2D eigenvalue weighted by Crippen LogP contribution is 2.27. The quantitative estimate of drug-likeness (QED) is 0.765. The molecule has 0 saturated carbocycles. The number of ether oxygens (including phenoxy) is 1. The number of nitrogens with one attached hydrogen (secondary N) is 1. The van der Waals surface area contributed by atoms with Crippen LogP contribution in [0.15, 0.2) is 55.1 Å². The molecular weight excluding hydrogens is 362 g/mol. The van der Waals surface area contributed by atoms with Crippen molar-refractivity contribution < 1.29 is 17.9 Å². The van der Waals surface area contributed by atoms with E-state index in [0.717, 1.165) is 22.3 Å². The van der Waals surface area contributed by atoms with Gasteiger partial charge in [-0.3, -0.25) is 0 Å². The van der Waals surface area contributed by atoms with Crippen LogP contribution in [0.2, 0.25) is 0 Å². The first-order chi connectivity index (χ1) is 12.7. The zero-order valence-electron chi connectivity index (χ0n) is 15.8. The Morgan fingerprint density at radius 2 is 1.78 bits per heavy atom. The summed E-state index contributed by atoms with van der Waals surface area (Å²) in [6, 6.07) is 15.2. The Balaban J connectivity index is 2.32. The van der Waals surface area contributed by atoms with Crippen LogP contribution >= 0.6 is 0 Å². The second-order valence-corrected chi connectivity index (χ2v) is 8.79. The molecule has 0 radical (unpaired) electrons. The van der Waals surface area contributed by atoms with Crippen LogP contribution in [0.1, 0.15) is 42.2 Å². The van der Waals surface area contributed by atoms with E-state index < -0.39 is 27.5 Å². The van der Waals surface area contributed by atoms with Gasteiger partial charge < -0.3 is 4.74 Å². The Bertz CT molecular complexity index is 919. The molecule has 0 aromatic heterocycles. The fourth-order valence-electron chi connectivity index (χ4n) is 2.67. The third-order valence-electron chi connectivity index (χ3n) is 4.31. The minimum absolute atomic E-state index is 0.405. The molecule has 1 unspecified atom stereocenters. The molecule has 2 aromatic carbocycles. The Labute approximate surface area is 161 Å². The van der Waals surface area contributed by atoms with Crippen molar-refractivity contribution in [2.24, 2.45) is 0 Å². The average Bonchev–Trinajstić information content (AvgIpc) is 2.61. The number of aryl methyl sites for hydroxylation is 1. The zero-order chi connectivity index (χ0) is 20.0. The Kier molecular flexibility index (Phi) is 6.80. The number of hydrogen-bond acceptors (Lipinski definition) is 4. The summed E-state index contributed by atoms with van der Waals surface area (Å²) in [7, 11) is -3.76. The number of amides is 1. The van der Waals surface area contributed by atoms with Gasteiger partial charge >= 0.3 is 6.09 Å². The van der Waals surface area contributed by atoms with Gasteiger partial charge in [-0.1, -0.05) is 61.2 Å². The number of carbonyl (C=O) groups is 1. The minimum atomic E-state index is -3.76. The molecular formula is C21H25NO4S. The average molecular weight is 388 g/mol. The molecule has 1 atom stereocenters. The van der Waals surface area contributed by atoms with Crippen molar-refractivity contribution in [1.82, 2.24) is 4.72 Å². The van der Waals surface area contributed by atoms with Gasteiger partial charge in [0.25, 0.3) is 0 Å².